The Labute approximate surface area is 459 Å². The summed E-state index contributed by atoms with van der Waals surface area (Å²) in [4.78, 5) is 2.44. The first-order chi connectivity index (χ1) is 39.2. The molecule has 79 heavy (non-hydrogen) atoms. The minimum atomic E-state index is -0.412. The molecule has 0 bridgehead atoms. The van der Waals surface area contributed by atoms with Gasteiger partial charge in [-0.1, -0.05) is 261 Å². The van der Waals surface area contributed by atoms with E-state index in [0.29, 0.717) is 0 Å². The van der Waals surface area contributed by atoms with Gasteiger partial charge in [0.05, 0.1) is 10.8 Å². The van der Waals surface area contributed by atoms with Crippen LogP contribution in [0.5, 0.6) is 0 Å². The van der Waals surface area contributed by atoms with Gasteiger partial charge in [0.15, 0.2) is 0 Å². The molecule has 0 saturated heterocycles. The fraction of sp³-hybridized carbons (Fsp3) is 0.0256. The topological polar surface area (TPSA) is 3.24 Å². The molecule has 2 spiro atoms. The molecule has 0 atom stereocenters. The summed E-state index contributed by atoms with van der Waals surface area (Å²) in [5.74, 6) is 0. The van der Waals surface area contributed by atoms with Gasteiger partial charge in [0.2, 0.25) is 0 Å². The fourth-order valence-electron chi connectivity index (χ4n) is 15.0. The number of hydrogen-bond acceptors (Lipinski definition) is 1. The Bertz CT molecular complexity index is 4580. The van der Waals surface area contributed by atoms with Crippen molar-refractivity contribution in [2.75, 3.05) is 4.90 Å². The van der Waals surface area contributed by atoms with Gasteiger partial charge in [-0.2, -0.15) is 0 Å². The van der Waals surface area contributed by atoms with Crippen LogP contribution in [0, 0.1) is 0 Å². The van der Waals surface area contributed by atoms with Crippen molar-refractivity contribution in [3.8, 4) is 44.5 Å². The smallest absolute Gasteiger partial charge is 0.0726 e. The first-order valence-electron chi connectivity index (χ1n) is 27.7. The molecule has 0 N–H and O–H groups in total. The first-order valence-corrected chi connectivity index (χ1v) is 27.7. The minimum absolute atomic E-state index is 0.199. The van der Waals surface area contributed by atoms with Gasteiger partial charge in [0.1, 0.15) is 0 Å². The number of nitrogens with zero attached hydrogens (tertiary/aromatic N) is 1. The molecule has 14 aromatic carbocycles. The third kappa shape index (κ3) is 5.99. The molecule has 0 aromatic heterocycles. The zero-order valence-electron chi connectivity index (χ0n) is 43.2. The molecule has 4 aliphatic carbocycles. The third-order valence-electron chi connectivity index (χ3n) is 18.1. The number of fused-ring (bicyclic) bond motifs is 14. The SMILES string of the molecule is c1ccc(-c2ccc(N(c3ccc(-c4ccccc4)cc3)c3cc4c5c(ccc6cccc(c65)C45c4ccccc4-c4ccccc45)c3)cc2)cc1.c1ccc2c(c1)-c1ccccc1C21c2cccc3ccc4cccc1c4c23. The van der Waals surface area contributed by atoms with Crippen LogP contribution in [0.25, 0.3) is 87.6 Å². The van der Waals surface area contributed by atoms with Crippen molar-refractivity contribution in [1.82, 2.24) is 0 Å². The van der Waals surface area contributed by atoms with E-state index >= 15 is 0 Å². The molecular formula is C78H49N. The van der Waals surface area contributed by atoms with Crippen LogP contribution < -0.4 is 4.90 Å². The van der Waals surface area contributed by atoms with E-state index in [2.05, 4.69) is 302 Å². The van der Waals surface area contributed by atoms with Crippen LogP contribution >= 0.6 is 0 Å². The van der Waals surface area contributed by atoms with Crippen LogP contribution in [0.3, 0.4) is 0 Å². The lowest BCUT2D eigenvalue weighted by molar-refractivity contribution is 0.797. The Morgan fingerprint density at radius 1 is 0.190 bits per heavy atom. The van der Waals surface area contributed by atoms with Crippen molar-refractivity contribution in [2.24, 2.45) is 0 Å². The van der Waals surface area contributed by atoms with E-state index in [0.717, 1.165) is 17.1 Å². The van der Waals surface area contributed by atoms with Gasteiger partial charge < -0.3 is 4.90 Å². The Hall–Kier alpha value is -10.1. The van der Waals surface area contributed by atoms with Gasteiger partial charge in [-0.25, -0.2) is 0 Å². The maximum absolute atomic E-state index is 2.50. The number of benzene rings is 14. The summed E-state index contributed by atoms with van der Waals surface area (Å²) in [5.41, 5.74) is 24.2. The van der Waals surface area contributed by atoms with Gasteiger partial charge in [-0.15, -0.1) is 0 Å². The molecular weight excluding hydrogens is 951 g/mol. The van der Waals surface area contributed by atoms with Crippen LogP contribution in [0.2, 0.25) is 0 Å². The normalized spacial score (nSPS) is 13.8. The summed E-state index contributed by atoms with van der Waals surface area (Å²) >= 11 is 0. The molecule has 0 saturated carbocycles. The Kier molecular flexibility index (Phi) is 9.33. The van der Waals surface area contributed by atoms with Gasteiger partial charge >= 0.3 is 0 Å². The zero-order chi connectivity index (χ0) is 51.8. The largest absolute Gasteiger partial charge is 0.310 e. The molecule has 0 fully saturated rings. The highest BCUT2D eigenvalue weighted by atomic mass is 15.1. The summed E-state index contributed by atoms with van der Waals surface area (Å²) < 4.78 is 0. The van der Waals surface area contributed by atoms with Gasteiger partial charge in [-0.05, 0) is 169 Å². The minimum Gasteiger partial charge on any atom is -0.310 e. The summed E-state index contributed by atoms with van der Waals surface area (Å²) in [6.07, 6.45) is 0. The van der Waals surface area contributed by atoms with E-state index in [-0.39, 0.29) is 5.41 Å². The number of anilines is 3. The highest BCUT2D eigenvalue weighted by molar-refractivity contribution is 6.19. The Morgan fingerprint density at radius 3 is 0.886 bits per heavy atom. The van der Waals surface area contributed by atoms with E-state index in [1.807, 2.05) is 0 Å². The quantitative estimate of drug-likeness (QED) is 0.155. The molecule has 0 aliphatic heterocycles. The molecule has 1 nitrogen and oxygen atoms in total. The van der Waals surface area contributed by atoms with E-state index in [9.17, 15) is 0 Å². The van der Waals surface area contributed by atoms with Crippen LogP contribution in [0.1, 0.15) is 44.5 Å². The molecule has 0 heterocycles. The molecule has 0 unspecified atom stereocenters. The number of hydrogen-bond donors (Lipinski definition) is 0. The molecule has 0 radical (unpaired) electrons. The van der Waals surface area contributed by atoms with E-state index in [1.54, 1.807) is 0 Å². The van der Waals surface area contributed by atoms with Gasteiger partial charge in [0, 0.05) is 17.1 Å². The lowest BCUT2D eigenvalue weighted by atomic mass is 9.70. The van der Waals surface area contributed by atoms with Crippen molar-refractivity contribution >= 4 is 60.2 Å². The first kappa shape index (κ1) is 44.1. The molecule has 366 valence electrons. The molecule has 1 heteroatoms. The van der Waals surface area contributed by atoms with Crippen LogP contribution in [0.15, 0.2) is 297 Å². The highest BCUT2D eigenvalue weighted by Crippen LogP contribution is 2.64. The van der Waals surface area contributed by atoms with E-state index in [4.69, 9.17) is 0 Å². The maximum atomic E-state index is 2.50. The average molecular weight is 1000 g/mol. The van der Waals surface area contributed by atoms with Crippen molar-refractivity contribution in [1.29, 1.82) is 0 Å². The van der Waals surface area contributed by atoms with Crippen molar-refractivity contribution in [3.05, 3.63) is 342 Å². The average Bonchev–Trinajstić information content (AvgIpc) is 4.27. The monoisotopic (exact) mass is 999 g/mol. The van der Waals surface area contributed by atoms with Gasteiger partial charge in [0.25, 0.3) is 0 Å². The lowest BCUT2D eigenvalue weighted by Crippen LogP contribution is -2.26. The summed E-state index contributed by atoms with van der Waals surface area (Å²) in [6.45, 7) is 0. The maximum Gasteiger partial charge on any atom is 0.0726 e. The van der Waals surface area contributed by atoms with Crippen molar-refractivity contribution < 1.29 is 0 Å². The standard InChI is InChI=1S/C51H33N.C27H16/c1-3-12-34(13-4-1)36-24-28-40(29-25-36)52(41-30-26-37(27-31-41)35-14-5-2-6-15-35)42-32-39-23-22-38-16-11-21-47-49(38)50(39)48(33-42)51(47)45-19-9-7-17-43(45)44-18-8-10-20-46(44)51;1-3-11-21-19(9-1)20-10-2-4-12-22(20)27(21)23-13-5-7-17-15-16-18-8-6-14-24(27)26(18)25(17)23/h1-33H;1-16H. The van der Waals surface area contributed by atoms with Gasteiger partial charge in [-0.3, -0.25) is 0 Å². The zero-order valence-corrected chi connectivity index (χ0v) is 43.2. The van der Waals surface area contributed by atoms with Crippen molar-refractivity contribution in [2.45, 2.75) is 10.8 Å². The van der Waals surface area contributed by atoms with E-state index in [1.165, 1.54) is 132 Å². The Morgan fingerprint density at radius 2 is 0.494 bits per heavy atom. The van der Waals surface area contributed by atoms with Crippen LogP contribution in [-0.4, -0.2) is 0 Å². The predicted octanol–water partition coefficient (Wildman–Crippen LogP) is 20.1. The molecule has 18 rings (SSSR count). The predicted molar refractivity (Wildman–Crippen MR) is 330 cm³/mol. The molecule has 0 amide bonds. The third-order valence-corrected chi connectivity index (χ3v) is 18.1. The summed E-state index contributed by atoms with van der Waals surface area (Å²) in [7, 11) is 0. The lowest BCUT2D eigenvalue weighted by Gasteiger charge is -2.32. The fourth-order valence-corrected chi connectivity index (χ4v) is 15.0. The molecule has 14 aromatic rings. The Balaban J connectivity index is 0.000000155. The molecule has 4 aliphatic rings. The second-order valence-corrected chi connectivity index (χ2v) is 21.8. The second kappa shape index (κ2) is 16.7. The number of rotatable bonds is 5. The van der Waals surface area contributed by atoms with Crippen LogP contribution in [0.4, 0.5) is 17.1 Å². The second-order valence-electron chi connectivity index (χ2n) is 21.8. The highest BCUT2D eigenvalue weighted by Gasteiger charge is 2.52. The van der Waals surface area contributed by atoms with E-state index < -0.39 is 5.41 Å². The van der Waals surface area contributed by atoms with Crippen LogP contribution in [-0.2, 0) is 10.8 Å². The summed E-state index contributed by atoms with van der Waals surface area (Å²) in [6, 6.07) is 110. The van der Waals surface area contributed by atoms with Crippen molar-refractivity contribution in [3.63, 3.8) is 0 Å². The summed E-state index contributed by atoms with van der Waals surface area (Å²) in [5, 5.41) is 10.8.